The average Bonchev–Trinajstić information content (AvgIpc) is 2.94. The van der Waals surface area contributed by atoms with Gasteiger partial charge >= 0.3 is 11.9 Å². The van der Waals surface area contributed by atoms with Gasteiger partial charge in [-0.3, -0.25) is 0 Å². The predicted octanol–water partition coefficient (Wildman–Crippen LogP) is 7.22. The number of carbonyl (C=O) groups excluding carboxylic acids is 2. The van der Waals surface area contributed by atoms with Crippen LogP contribution in [0.15, 0.2) is 70.6 Å². The van der Waals surface area contributed by atoms with Crippen molar-refractivity contribution in [3.63, 3.8) is 0 Å². The Morgan fingerprint density at radius 2 is 1.44 bits per heavy atom. The Hall–Kier alpha value is -3.24. The molecule has 2 fully saturated rings. The van der Waals surface area contributed by atoms with Crippen LogP contribution in [0.5, 0.6) is 0 Å². The van der Waals surface area contributed by atoms with Crippen molar-refractivity contribution in [3.05, 3.63) is 71.8 Å². The van der Waals surface area contributed by atoms with E-state index in [1.165, 1.54) is 6.42 Å². The topological polar surface area (TPSA) is 77.3 Å². The molecule has 0 saturated heterocycles. The minimum Gasteiger partial charge on any atom is -0.457 e. The van der Waals surface area contributed by atoms with Gasteiger partial charge in [-0.05, 0) is 52.0 Å². The molecule has 0 N–H and O–H groups in total. The molecule has 1 unspecified atom stereocenters. The smallest absolute Gasteiger partial charge is 0.356 e. The van der Waals surface area contributed by atoms with Gasteiger partial charge in [-0.1, -0.05) is 99.2 Å². The van der Waals surface area contributed by atoms with E-state index in [4.69, 9.17) is 9.47 Å². The molecular weight excluding hydrogens is 488 g/mol. The van der Waals surface area contributed by atoms with Gasteiger partial charge in [0.1, 0.15) is 5.60 Å². The molecule has 208 valence electrons. The van der Waals surface area contributed by atoms with Crippen molar-refractivity contribution in [1.82, 2.24) is 0 Å². The first-order valence-corrected chi connectivity index (χ1v) is 14.5. The van der Waals surface area contributed by atoms with Crippen LogP contribution in [0.3, 0.4) is 0 Å². The highest BCUT2D eigenvalue weighted by molar-refractivity contribution is 5.89. The molecule has 0 radical (unpaired) electrons. The summed E-state index contributed by atoms with van der Waals surface area (Å²) in [5, 5.41) is 0. The third-order valence-electron chi connectivity index (χ3n) is 7.67. The van der Waals surface area contributed by atoms with Crippen LogP contribution in [0.25, 0.3) is 0 Å². The molecule has 0 aromatic heterocycles. The number of ether oxygens (including phenoxy) is 2. The molecule has 0 bridgehead atoms. The van der Waals surface area contributed by atoms with Crippen molar-refractivity contribution >= 4 is 17.9 Å². The SMILES string of the molecule is CC(C)(C)OC(=O)C(Cc1ccccc1)(OC(=O)C1(N=C=NC2CCCCC2)CCCCC1)c1ccccc1. The zero-order chi connectivity index (χ0) is 27.8. The maximum absolute atomic E-state index is 14.2. The molecule has 2 aromatic carbocycles. The van der Waals surface area contributed by atoms with E-state index in [2.05, 4.69) is 16.0 Å². The summed E-state index contributed by atoms with van der Waals surface area (Å²) in [4.78, 5) is 37.6. The van der Waals surface area contributed by atoms with Crippen LogP contribution in [0.2, 0.25) is 0 Å². The van der Waals surface area contributed by atoms with E-state index in [0.717, 1.165) is 50.5 Å². The van der Waals surface area contributed by atoms with Crippen LogP contribution in [-0.4, -0.2) is 35.1 Å². The first-order chi connectivity index (χ1) is 18.7. The van der Waals surface area contributed by atoms with E-state index in [-0.39, 0.29) is 12.5 Å². The Bertz CT molecular complexity index is 1150. The minimum absolute atomic E-state index is 0.147. The van der Waals surface area contributed by atoms with E-state index in [1.807, 2.05) is 81.4 Å². The molecule has 0 spiro atoms. The van der Waals surface area contributed by atoms with Gasteiger partial charge in [-0.15, -0.1) is 0 Å². The molecule has 2 saturated carbocycles. The summed E-state index contributed by atoms with van der Waals surface area (Å²) in [7, 11) is 0. The van der Waals surface area contributed by atoms with Crippen molar-refractivity contribution in [2.45, 2.75) is 114 Å². The van der Waals surface area contributed by atoms with Gasteiger partial charge in [0, 0.05) is 12.0 Å². The summed E-state index contributed by atoms with van der Waals surface area (Å²) in [6.45, 7) is 5.46. The number of hydrogen-bond acceptors (Lipinski definition) is 6. The maximum atomic E-state index is 14.2. The summed E-state index contributed by atoms with van der Waals surface area (Å²) in [5.41, 5.74) is -2.13. The zero-order valence-electron chi connectivity index (χ0n) is 23.7. The highest BCUT2D eigenvalue weighted by atomic mass is 16.6. The van der Waals surface area contributed by atoms with Crippen LogP contribution in [-0.2, 0) is 31.1 Å². The fourth-order valence-electron chi connectivity index (χ4n) is 5.55. The molecule has 0 heterocycles. The molecule has 2 aliphatic carbocycles. The lowest BCUT2D eigenvalue weighted by Gasteiger charge is -2.38. The quantitative estimate of drug-likeness (QED) is 0.267. The number of benzene rings is 2. The number of carbonyl (C=O) groups is 2. The predicted molar refractivity (Wildman–Crippen MR) is 153 cm³/mol. The summed E-state index contributed by atoms with van der Waals surface area (Å²) in [6, 6.07) is 22.0. The number of aliphatic imine (C=N–C) groups is 2. The monoisotopic (exact) mass is 530 g/mol. The normalized spacial score (nSPS) is 19.2. The van der Waals surface area contributed by atoms with E-state index in [0.29, 0.717) is 18.4 Å². The number of rotatable bonds is 8. The third-order valence-corrected chi connectivity index (χ3v) is 7.67. The lowest BCUT2D eigenvalue weighted by Crippen LogP contribution is -2.51. The van der Waals surface area contributed by atoms with Crippen molar-refractivity contribution in [2.24, 2.45) is 9.98 Å². The maximum Gasteiger partial charge on any atom is 0.356 e. The van der Waals surface area contributed by atoms with Gasteiger partial charge in [0.2, 0.25) is 5.60 Å². The summed E-state index contributed by atoms with van der Waals surface area (Å²) >= 11 is 0. The van der Waals surface area contributed by atoms with Gasteiger partial charge in [0.15, 0.2) is 5.54 Å². The van der Waals surface area contributed by atoms with Gasteiger partial charge in [0.25, 0.3) is 0 Å². The Morgan fingerprint density at radius 1 is 0.846 bits per heavy atom. The summed E-state index contributed by atoms with van der Waals surface area (Å²) in [5.74, 6) is -1.11. The standard InChI is InChI=1S/C33H42N2O4/c1-31(2,3)38-30(37)33(27-18-10-5-11-19-27,24-26-16-8-4-9-17-26)39-29(36)32(22-14-7-15-23-32)35-25-34-28-20-12-6-13-21-28/h4-5,8-11,16-19,28H,6-7,12-15,20-24H2,1-3H3. The molecule has 0 aliphatic heterocycles. The molecule has 2 aliphatic rings. The first kappa shape index (κ1) is 28.8. The minimum atomic E-state index is -1.67. The summed E-state index contributed by atoms with van der Waals surface area (Å²) in [6.07, 6.45) is 9.62. The lowest BCUT2D eigenvalue weighted by atomic mass is 9.81. The Morgan fingerprint density at radius 3 is 2.05 bits per heavy atom. The van der Waals surface area contributed by atoms with Gasteiger partial charge in [-0.25, -0.2) is 19.6 Å². The second-order valence-corrected chi connectivity index (χ2v) is 12.0. The number of hydrogen-bond donors (Lipinski definition) is 0. The average molecular weight is 531 g/mol. The molecule has 6 heteroatoms. The molecule has 0 amide bonds. The molecule has 6 nitrogen and oxygen atoms in total. The molecule has 1 atom stereocenters. The van der Waals surface area contributed by atoms with Crippen LogP contribution < -0.4 is 0 Å². The summed E-state index contributed by atoms with van der Waals surface area (Å²) < 4.78 is 12.4. The van der Waals surface area contributed by atoms with Gasteiger partial charge in [0.05, 0.1) is 12.1 Å². The fraction of sp³-hybridized carbons (Fsp3) is 0.545. The highest BCUT2D eigenvalue weighted by Crippen LogP contribution is 2.39. The Labute approximate surface area is 232 Å². The Balaban J connectivity index is 1.75. The molecule has 39 heavy (non-hydrogen) atoms. The van der Waals surface area contributed by atoms with E-state index >= 15 is 0 Å². The first-order valence-electron chi connectivity index (χ1n) is 14.5. The van der Waals surface area contributed by atoms with Crippen molar-refractivity contribution in [3.8, 4) is 0 Å². The molecule has 4 rings (SSSR count). The zero-order valence-corrected chi connectivity index (χ0v) is 23.7. The van der Waals surface area contributed by atoms with E-state index in [9.17, 15) is 9.59 Å². The highest BCUT2D eigenvalue weighted by Gasteiger charge is 2.52. The largest absolute Gasteiger partial charge is 0.457 e. The third kappa shape index (κ3) is 7.45. The lowest BCUT2D eigenvalue weighted by molar-refractivity contribution is -0.196. The van der Waals surface area contributed by atoms with Crippen LogP contribution in [0.4, 0.5) is 0 Å². The van der Waals surface area contributed by atoms with E-state index < -0.39 is 28.7 Å². The second kappa shape index (κ2) is 12.7. The number of nitrogens with zero attached hydrogens (tertiary/aromatic N) is 2. The van der Waals surface area contributed by atoms with Crippen LogP contribution in [0.1, 0.15) is 96.1 Å². The fourth-order valence-corrected chi connectivity index (χ4v) is 5.55. The van der Waals surface area contributed by atoms with Crippen LogP contribution >= 0.6 is 0 Å². The van der Waals surface area contributed by atoms with Crippen LogP contribution in [0, 0.1) is 0 Å². The van der Waals surface area contributed by atoms with Crippen molar-refractivity contribution in [2.75, 3.05) is 0 Å². The van der Waals surface area contributed by atoms with Crippen molar-refractivity contribution < 1.29 is 19.1 Å². The van der Waals surface area contributed by atoms with E-state index in [1.54, 1.807) is 0 Å². The molecular formula is C33H42N2O4. The van der Waals surface area contributed by atoms with Gasteiger partial charge in [-0.2, -0.15) is 0 Å². The second-order valence-electron chi connectivity index (χ2n) is 12.0. The van der Waals surface area contributed by atoms with Crippen molar-refractivity contribution in [1.29, 1.82) is 0 Å². The molecule has 2 aromatic rings. The number of esters is 2. The Kier molecular flexibility index (Phi) is 9.40. The van der Waals surface area contributed by atoms with Gasteiger partial charge < -0.3 is 9.47 Å².